The minimum atomic E-state index is -1.32. The molecule has 1 amide bonds. The number of rotatable bonds is 9. The molecule has 0 radical (unpaired) electrons. The van der Waals surface area contributed by atoms with Crippen molar-refractivity contribution in [3.8, 4) is 0 Å². The van der Waals surface area contributed by atoms with Crippen molar-refractivity contribution in [2.45, 2.75) is 25.7 Å². The molecule has 0 atom stereocenters. The van der Waals surface area contributed by atoms with Crippen molar-refractivity contribution in [2.75, 3.05) is 18.7 Å². The lowest BCUT2D eigenvalue weighted by Crippen LogP contribution is -2.29. The second-order valence-electron chi connectivity index (χ2n) is 3.31. The molecule has 0 fully saturated rings. The van der Waals surface area contributed by atoms with Gasteiger partial charge in [0.15, 0.2) is 0 Å². The van der Waals surface area contributed by atoms with Gasteiger partial charge in [-0.2, -0.15) is 0 Å². The molecule has 0 unspecified atom stereocenters. The van der Waals surface area contributed by atoms with Gasteiger partial charge in [0.1, 0.15) is 6.54 Å². The molecule has 0 aliphatic carbocycles. The SMILES string of the molecule is O=C(O)NCC(=O)OCOC(=O)CCCCCBr. The summed E-state index contributed by atoms with van der Waals surface area (Å²) in [5.74, 6) is -1.24. The Hall–Kier alpha value is -1.31. The van der Waals surface area contributed by atoms with Gasteiger partial charge in [-0.05, 0) is 12.8 Å². The number of unbranched alkanes of at least 4 members (excludes halogenated alkanes) is 2. The van der Waals surface area contributed by atoms with Crippen LogP contribution in [0.5, 0.6) is 0 Å². The second-order valence-corrected chi connectivity index (χ2v) is 4.10. The van der Waals surface area contributed by atoms with Gasteiger partial charge in [0.25, 0.3) is 0 Å². The zero-order chi connectivity index (χ0) is 13.8. The van der Waals surface area contributed by atoms with E-state index in [-0.39, 0.29) is 6.42 Å². The summed E-state index contributed by atoms with van der Waals surface area (Å²) in [5.41, 5.74) is 0. The van der Waals surface area contributed by atoms with Crippen molar-refractivity contribution < 1.29 is 29.0 Å². The summed E-state index contributed by atoms with van der Waals surface area (Å²) >= 11 is 3.28. The van der Waals surface area contributed by atoms with Crippen molar-refractivity contribution in [3.63, 3.8) is 0 Å². The molecular formula is C10H16BrNO6. The van der Waals surface area contributed by atoms with Crippen LogP contribution in [0.2, 0.25) is 0 Å². The summed E-state index contributed by atoms with van der Waals surface area (Å²) in [4.78, 5) is 32.1. The molecule has 104 valence electrons. The van der Waals surface area contributed by atoms with Crippen molar-refractivity contribution in [1.82, 2.24) is 5.32 Å². The van der Waals surface area contributed by atoms with E-state index >= 15 is 0 Å². The van der Waals surface area contributed by atoms with Crippen LogP contribution >= 0.6 is 15.9 Å². The van der Waals surface area contributed by atoms with Gasteiger partial charge in [0.05, 0.1) is 0 Å². The van der Waals surface area contributed by atoms with E-state index in [0.29, 0.717) is 0 Å². The highest BCUT2D eigenvalue weighted by Crippen LogP contribution is 2.03. The minimum Gasteiger partial charge on any atom is -0.465 e. The number of ether oxygens (including phenoxy) is 2. The number of halogens is 1. The summed E-state index contributed by atoms with van der Waals surface area (Å²) in [6.07, 6.45) is 1.58. The first-order valence-electron chi connectivity index (χ1n) is 5.40. The number of esters is 2. The molecule has 0 rings (SSSR count). The standard InChI is InChI=1S/C10H16BrNO6/c11-5-3-1-2-4-8(13)17-7-18-9(14)6-12-10(15)16/h12H,1-7H2,(H,15,16). The molecule has 18 heavy (non-hydrogen) atoms. The van der Waals surface area contributed by atoms with E-state index in [1.807, 2.05) is 5.32 Å². The van der Waals surface area contributed by atoms with Crippen LogP contribution in [0.4, 0.5) is 4.79 Å². The number of alkyl halides is 1. The van der Waals surface area contributed by atoms with Crippen LogP contribution in [0.15, 0.2) is 0 Å². The number of carbonyl (C=O) groups excluding carboxylic acids is 2. The van der Waals surface area contributed by atoms with E-state index in [1.54, 1.807) is 0 Å². The topological polar surface area (TPSA) is 102 Å². The maximum absolute atomic E-state index is 11.1. The summed E-state index contributed by atoms with van der Waals surface area (Å²) in [7, 11) is 0. The van der Waals surface area contributed by atoms with Gasteiger partial charge in [-0.25, -0.2) is 4.79 Å². The Morgan fingerprint density at radius 3 is 2.33 bits per heavy atom. The zero-order valence-corrected chi connectivity index (χ0v) is 11.4. The van der Waals surface area contributed by atoms with E-state index in [2.05, 4.69) is 25.4 Å². The summed E-state index contributed by atoms with van der Waals surface area (Å²) in [6, 6.07) is 0. The first kappa shape index (κ1) is 16.7. The lowest BCUT2D eigenvalue weighted by Gasteiger charge is -2.06. The monoisotopic (exact) mass is 325 g/mol. The van der Waals surface area contributed by atoms with Gasteiger partial charge in [-0.15, -0.1) is 0 Å². The highest BCUT2D eigenvalue weighted by atomic mass is 79.9. The third-order valence-electron chi connectivity index (χ3n) is 1.84. The fourth-order valence-corrected chi connectivity index (χ4v) is 1.37. The number of hydrogen-bond donors (Lipinski definition) is 2. The Balaban J connectivity index is 3.44. The van der Waals surface area contributed by atoms with E-state index in [9.17, 15) is 14.4 Å². The molecular weight excluding hydrogens is 310 g/mol. The van der Waals surface area contributed by atoms with Gasteiger partial charge in [0, 0.05) is 11.8 Å². The summed E-state index contributed by atoms with van der Waals surface area (Å²) in [6.45, 7) is -0.963. The van der Waals surface area contributed by atoms with Crippen LogP contribution in [0.1, 0.15) is 25.7 Å². The largest absolute Gasteiger partial charge is 0.465 e. The predicted molar refractivity (Wildman–Crippen MR) is 65.3 cm³/mol. The fraction of sp³-hybridized carbons (Fsp3) is 0.700. The van der Waals surface area contributed by atoms with Crippen LogP contribution in [-0.4, -0.2) is 41.8 Å². The molecule has 0 aliphatic rings. The number of amides is 1. The molecule has 0 aliphatic heterocycles. The Morgan fingerprint density at radius 2 is 1.72 bits per heavy atom. The molecule has 0 aromatic heterocycles. The van der Waals surface area contributed by atoms with Crippen LogP contribution in [0, 0.1) is 0 Å². The minimum absolute atomic E-state index is 0.276. The third-order valence-corrected chi connectivity index (χ3v) is 2.40. The summed E-state index contributed by atoms with van der Waals surface area (Å²) < 4.78 is 9.11. The van der Waals surface area contributed by atoms with E-state index in [0.717, 1.165) is 24.6 Å². The molecule has 8 heteroatoms. The van der Waals surface area contributed by atoms with Gasteiger partial charge in [-0.1, -0.05) is 22.4 Å². The number of carboxylic acid groups (broad SMARTS) is 1. The van der Waals surface area contributed by atoms with Gasteiger partial charge in [-0.3, -0.25) is 9.59 Å². The molecule has 0 bridgehead atoms. The molecule has 0 spiro atoms. The Morgan fingerprint density at radius 1 is 1.06 bits per heavy atom. The molecule has 2 N–H and O–H groups in total. The quantitative estimate of drug-likeness (QED) is 0.286. The Labute approximate surface area is 113 Å². The molecule has 7 nitrogen and oxygen atoms in total. The van der Waals surface area contributed by atoms with Crippen molar-refractivity contribution in [1.29, 1.82) is 0 Å². The number of nitrogens with one attached hydrogen (secondary N) is 1. The van der Waals surface area contributed by atoms with Crippen molar-refractivity contribution in [2.24, 2.45) is 0 Å². The highest BCUT2D eigenvalue weighted by molar-refractivity contribution is 9.09. The first-order chi connectivity index (χ1) is 8.56. The smallest absolute Gasteiger partial charge is 0.405 e. The van der Waals surface area contributed by atoms with Crippen molar-refractivity contribution >= 4 is 34.0 Å². The highest BCUT2D eigenvalue weighted by Gasteiger charge is 2.07. The van der Waals surface area contributed by atoms with Crippen LogP contribution < -0.4 is 5.32 Å². The lowest BCUT2D eigenvalue weighted by atomic mass is 10.2. The first-order valence-corrected chi connectivity index (χ1v) is 6.52. The second kappa shape index (κ2) is 10.8. The van der Waals surface area contributed by atoms with E-state index < -0.39 is 31.4 Å². The zero-order valence-electron chi connectivity index (χ0n) is 9.82. The van der Waals surface area contributed by atoms with Gasteiger partial charge >= 0.3 is 18.0 Å². The molecule has 0 aromatic rings. The van der Waals surface area contributed by atoms with Crippen LogP contribution in [0.3, 0.4) is 0 Å². The van der Waals surface area contributed by atoms with Gasteiger partial charge < -0.3 is 19.9 Å². The maximum atomic E-state index is 11.1. The average Bonchev–Trinajstić information content (AvgIpc) is 2.32. The summed E-state index contributed by atoms with van der Waals surface area (Å²) in [5, 5.41) is 10.9. The maximum Gasteiger partial charge on any atom is 0.405 e. The van der Waals surface area contributed by atoms with Gasteiger partial charge in [0.2, 0.25) is 6.79 Å². The molecule has 0 saturated carbocycles. The molecule has 0 heterocycles. The number of carbonyl (C=O) groups is 3. The average molecular weight is 326 g/mol. The molecule has 0 aromatic carbocycles. The van der Waals surface area contributed by atoms with E-state index in [1.165, 1.54) is 0 Å². The van der Waals surface area contributed by atoms with E-state index in [4.69, 9.17) is 5.11 Å². The Kier molecular flexibility index (Phi) is 10.0. The Bertz CT molecular complexity index is 284. The normalized spacial score (nSPS) is 9.61. The van der Waals surface area contributed by atoms with Crippen LogP contribution in [-0.2, 0) is 19.1 Å². The number of hydrogen-bond acceptors (Lipinski definition) is 5. The fourth-order valence-electron chi connectivity index (χ4n) is 0.972. The van der Waals surface area contributed by atoms with Crippen molar-refractivity contribution in [3.05, 3.63) is 0 Å². The van der Waals surface area contributed by atoms with Crippen LogP contribution in [0.25, 0.3) is 0 Å². The molecule has 0 saturated heterocycles. The predicted octanol–water partition coefficient (Wildman–Crippen LogP) is 1.25. The third kappa shape index (κ3) is 11.2. The lowest BCUT2D eigenvalue weighted by molar-refractivity contribution is -0.166.